The molecule has 0 aromatic heterocycles. The van der Waals surface area contributed by atoms with Crippen LogP contribution in [0.1, 0.15) is 36.0 Å². The molecule has 11 heteroatoms. The summed E-state index contributed by atoms with van der Waals surface area (Å²) in [6.45, 7) is 0.129. The van der Waals surface area contributed by atoms with Crippen molar-refractivity contribution in [2.75, 3.05) is 13.1 Å². The lowest BCUT2D eigenvalue weighted by molar-refractivity contribution is -0.143. The molecule has 2 atom stereocenters. The number of allylic oxidation sites excluding steroid dienone is 1. The molecule has 3 rings (SSSR count). The molecule has 2 amide bonds. The Morgan fingerprint density at radius 2 is 1.78 bits per heavy atom. The van der Waals surface area contributed by atoms with Gasteiger partial charge in [0, 0.05) is 13.1 Å². The van der Waals surface area contributed by atoms with E-state index in [9.17, 15) is 23.2 Å². The Bertz CT molecular complexity index is 908. The highest BCUT2D eigenvalue weighted by molar-refractivity contribution is 8.03. The van der Waals surface area contributed by atoms with Crippen molar-refractivity contribution >= 4 is 41.1 Å². The topological polar surface area (TPSA) is 105 Å². The summed E-state index contributed by atoms with van der Waals surface area (Å²) in [5.74, 6) is -5.33. The summed E-state index contributed by atoms with van der Waals surface area (Å²) in [7, 11) is 0. The standard InChI is InChI=1S/C21H23ClF2N2O5S/c22-14-7-10-32-18(14)20(28)26-9-8-25-19(27)13-5-6-15(17(24)16(13)23)31-12-3-1-11(2-4-12)21(29)30/h5-7,10-12,14,18H,1-4,8-9H2,(H,25,27)(H,26,28)(H,29,30). The molecular weight excluding hydrogens is 466 g/mol. The van der Waals surface area contributed by atoms with Gasteiger partial charge >= 0.3 is 5.97 Å². The van der Waals surface area contributed by atoms with Gasteiger partial charge in [-0.05, 0) is 43.2 Å². The van der Waals surface area contributed by atoms with Crippen molar-refractivity contribution < 1.29 is 33.0 Å². The number of halogens is 3. The molecule has 174 valence electrons. The third kappa shape index (κ3) is 5.92. The van der Waals surface area contributed by atoms with Crippen molar-refractivity contribution in [1.29, 1.82) is 0 Å². The first-order chi connectivity index (χ1) is 15.3. The van der Waals surface area contributed by atoms with E-state index in [-0.39, 0.29) is 24.7 Å². The van der Waals surface area contributed by atoms with Crippen LogP contribution in [0.5, 0.6) is 5.75 Å². The quantitative estimate of drug-likeness (QED) is 0.384. The second kappa shape index (κ2) is 11.0. The molecule has 1 aliphatic heterocycles. The van der Waals surface area contributed by atoms with Gasteiger partial charge in [0.25, 0.3) is 5.91 Å². The molecule has 1 aliphatic carbocycles. The maximum Gasteiger partial charge on any atom is 0.306 e. The summed E-state index contributed by atoms with van der Waals surface area (Å²) in [4.78, 5) is 35.2. The lowest BCUT2D eigenvalue weighted by atomic mass is 9.87. The summed E-state index contributed by atoms with van der Waals surface area (Å²) in [5, 5.41) is 15.0. The van der Waals surface area contributed by atoms with Gasteiger partial charge in [-0.3, -0.25) is 14.4 Å². The average molecular weight is 489 g/mol. The lowest BCUT2D eigenvalue weighted by Gasteiger charge is -2.27. The minimum Gasteiger partial charge on any atom is -0.487 e. The van der Waals surface area contributed by atoms with Crippen molar-refractivity contribution in [3.8, 4) is 5.75 Å². The zero-order chi connectivity index (χ0) is 23.3. The molecule has 3 N–H and O–H groups in total. The number of carbonyl (C=O) groups is 3. The Kier molecular flexibility index (Phi) is 8.36. The number of nitrogens with one attached hydrogen (secondary N) is 2. The molecule has 32 heavy (non-hydrogen) atoms. The van der Waals surface area contributed by atoms with E-state index in [0.29, 0.717) is 25.7 Å². The number of hydrogen-bond donors (Lipinski definition) is 3. The largest absolute Gasteiger partial charge is 0.487 e. The third-order valence-corrected chi connectivity index (χ3v) is 7.02. The average Bonchev–Trinajstić information content (AvgIpc) is 3.20. The Morgan fingerprint density at radius 3 is 2.41 bits per heavy atom. The van der Waals surface area contributed by atoms with Crippen molar-refractivity contribution in [2.24, 2.45) is 5.92 Å². The molecule has 2 aliphatic rings. The Morgan fingerprint density at radius 1 is 1.09 bits per heavy atom. The van der Waals surface area contributed by atoms with Crippen molar-refractivity contribution in [3.63, 3.8) is 0 Å². The number of alkyl halides is 1. The van der Waals surface area contributed by atoms with Crippen LogP contribution in [0, 0.1) is 17.6 Å². The second-order valence-corrected chi connectivity index (χ2v) is 9.10. The van der Waals surface area contributed by atoms with Gasteiger partial charge in [0.15, 0.2) is 11.6 Å². The highest BCUT2D eigenvalue weighted by Gasteiger charge is 2.29. The second-order valence-electron chi connectivity index (χ2n) is 7.55. The van der Waals surface area contributed by atoms with Crippen LogP contribution >= 0.6 is 23.4 Å². The van der Waals surface area contributed by atoms with Gasteiger partial charge in [-0.2, -0.15) is 4.39 Å². The first kappa shape index (κ1) is 24.3. The summed E-state index contributed by atoms with van der Waals surface area (Å²) < 4.78 is 34.4. The molecule has 1 saturated carbocycles. The number of thioether (sulfide) groups is 1. The highest BCUT2D eigenvalue weighted by Crippen LogP contribution is 2.30. The molecule has 2 unspecified atom stereocenters. The van der Waals surface area contributed by atoms with Crippen LogP contribution in [0.3, 0.4) is 0 Å². The number of carbonyl (C=O) groups excluding carboxylic acids is 2. The number of amides is 2. The van der Waals surface area contributed by atoms with E-state index in [1.807, 2.05) is 0 Å². The zero-order valence-electron chi connectivity index (χ0n) is 17.0. The Balaban J connectivity index is 1.48. The Labute approximate surface area is 192 Å². The van der Waals surface area contributed by atoms with E-state index < -0.39 is 51.7 Å². The number of carboxylic acids is 1. The fourth-order valence-corrected chi connectivity index (χ4v) is 4.88. The van der Waals surface area contributed by atoms with E-state index in [1.54, 1.807) is 11.5 Å². The summed E-state index contributed by atoms with van der Waals surface area (Å²) in [6.07, 6.45) is 2.95. The predicted octanol–water partition coefficient (Wildman–Crippen LogP) is 3.07. The van der Waals surface area contributed by atoms with Gasteiger partial charge in [-0.15, -0.1) is 23.4 Å². The molecule has 0 spiro atoms. The number of rotatable bonds is 8. The molecule has 1 aromatic rings. The van der Waals surface area contributed by atoms with Crippen molar-refractivity contribution in [1.82, 2.24) is 10.6 Å². The number of aliphatic carboxylic acids is 1. The number of benzene rings is 1. The molecule has 1 fully saturated rings. The minimum atomic E-state index is -1.33. The molecule has 0 radical (unpaired) electrons. The highest BCUT2D eigenvalue weighted by atomic mass is 35.5. The number of hydrogen-bond acceptors (Lipinski definition) is 5. The van der Waals surface area contributed by atoms with Crippen molar-refractivity contribution in [3.05, 3.63) is 40.8 Å². The van der Waals surface area contributed by atoms with Crippen LogP contribution in [0.2, 0.25) is 0 Å². The number of ether oxygens (including phenoxy) is 1. The van der Waals surface area contributed by atoms with Gasteiger partial charge in [-0.1, -0.05) is 6.08 Å². The van der Waals surface area contributed by atoms with Crippen LogP contribution in [0.4, 0.5) is 8.78 Å². The maximum atomic E-state index is 14.4. The van der Waals surface area contributed by atoms with E-state index in [2.05, 4.69) is 10.6 Å². The molecule has 0 bridgehead atoms. The van der Waals surface area contributed by atoms with E-state index in [1.165, 1.54) is 17.8 Å². The molecule has 7 nitrogen and oxygen atoms in total. The van der Waals surface area contributed by atoms with Gasteiger partial charge in [0.05, 0.1) is 23.0 Å². The van der Waals surface area contributed by atoms with Crippen molar-refractivity contribution in [2.45, 2.75) is 42.4 Å². The fourth-order valence-electron chi connectivity index (χ4n) is 3.55. The molecule has 1 aromatic carbocycles. The van der Waals surface area contributed by atoms with E-state index in [0.717, 1.165) is 6.07 Å². The first-order valence-electron chi connectivity index (χ1n) is 10.2. The van der Waals surface area contributed by atoms with E-state index >= 15 is 0 Å². The molecule has 1 heterocycles. The van der Waals surface area contributed by atoms with Gasteiger partial charge in [0.2, 0.25) is 11.7 Å². The number of carboxylic acid groups (broad SMARTS) is 1. The summed E-state index contributed by atoms with van der Waals surface area (Å²) >= 11 is 7.29. The lowest BCUT2D eigenvalue weighted by Crippen LogP contribution is -2.40. The Hall–Kier alpha value is -2.33. The third-order valence-electron chi connectivity index (χ3n) is 5.35. The van der Waals surface area contributed by atoms with Gasteiger partial charge in [-0.25, -0.2) is 4.39 Å². The summed E-state index contributed by atoms with van der Waals surface area (Å²) in [6, 6.07) is 2.31. The molecule has 0 saturated heterocycles. The smallest absolute Gasteiger partial charge is 0.306 e. The van der Waals surface area contributed by atoms with Crippen LogP contribution < -0.4 is 15.4 Å². The SMILES string of the molecule is O=C(NCCNC(=O)C1SC=CC1Cl)c1ccc(OC2CCC(C(=O)O)CC2)c(F)c1F. The minimum absolute atomic E-state index is 0.0223. The van der Waals surface area contributed by atoms with Gasteiger partial charge in [0.1, 0.15) is 5.25 Å². The maximum absolute atomic E-state index is 14.4. The van der Waals surface area contributed by atoms with Gasteiger partial charge < -0.3 is 20.5 Å². The predicted molar refractivity (Wildman–Crippen MR) is 116 cm³/mol. The first-order valence-corrected chi connectivity index (χ1v) is 11.6. The van der Waals surface area contributed by atoms with Crippen LogP contribution in [0.15, 0.2) is 23.6 Å². The fraction of sp³-hybridized carbons (Fsp3) is 0.476. The van der Waals surface area contributed by atoms with Crippen LogP contribution in [-0.2, 0) is 9.59 Å². The normalized spacial score (nSPS) is 24.7. The zero-order valence-corrected chi connectivity index (χ0v) is 18.6. The summed E-state index contributed by atoms with van der Waals surface area (Å²) in [5.41, 5.74) is -0.480. The molecular formula is C21H23ClF2N2O5S. The van der Waals surface area contributed by atoms with Crippen LogP contribution in [0.25, 0.3) is 0 Å². The monoisotopic (exact) mass is 488 g/mol. The van der Waals surface area contributed by atoms with E-state index in [4.69, 9.17) is 21.4 Å². The van der Waals surface area contributed by atoms with Crippen LogP contribution in [-0.4, -0.2) is 52.7 Å².